The number of hydrogen-bond acceptors (Lipinski definition) is 4. The van der Waals surface area contributed by atoms with Crippen LogP contribution in [-0.2, 0) is 10.2 Å². The summed E-state index contributed by atoms with van der Waals surface area (Å²) >= 11 is 1.58. The highest BCUT2D eigenvalue weighted by Crippen LogP contribution is 2.32. The van der Waals surface area contributed by atoms with E-state index in [0.717, 1.165) is 22.4 Å². The fourth-order valence-corrected chi connectivity index (χ4v) is 4.39. The molecular weight excluding hydrogens is 294 g/mol. The molecule has 7 heteroatoms. The fraction of sp³-hybridized carbons (Fsp3) is 0.308. The lowest BCUT2D eigenvalue weighted by Crippen LogP contribution is -2.46. The molecule has 0 radical (unpaired) electrons. The Kier molecular flexibility index (Phi) is 3.59. The molecule has 2 aromatic heterocycles. The Bertz CT molecular complexity index is 697. The van der Waals surface area contributed by atoms with Crippen LogP contribution in [0.25, 0.3) is 11.1 Å². The number of hydrogen-bond donors (Lipinski definition) is 1. The second-order valence-corrected chi connectivity index (χ2v) is 7.52. The maximum absolute atomic E-state index is 11.9. The minimum absolute atomic E-state index is 0.133. The van der Waals surface area contributed by atoms with Crippen molar-refractivity contribution in [3.63, 3.8) is 0 Å². The standard InChI is InChI=1S/C13H15N3O2S2/c1-16-6-4-12(15-20(16,17)18)13-7-11(9-19-13)10-3-2-5-14-8-10/h2-3,5,7-9,12,15H,4,6H2,1H3/t12-/m0/s1. The quantitative estimate of drug-likeness (QED) is 0.923. The summed E-state index contributed by atoms with van der Waals surface area (Å²) in [4.78, 5) is 5.14. The van der Waals surface area contributed by atoms with Gasteiger partial charge in [-0.15, -0.1) is 11.3 Å². The van der Waals surface area contributed by atoms with E-state index in [4.69, 9.17) is 0 Å². The van der Waals surface area contributed by atoms with Crippen LogP contribution in [0.15, 0.2) is 36.0 Å². The number of nitrogens with one attached hydrogen (secondary N) is 1. The molecule has 20 heavy (non-hydrogen) atoms. The van der Waals surface area contributed by atoms with E-state index in [2.05, 4.69) is 9.71 Å². The van der Waals surface area contributed by atoms with Gasteiger partial charge in [-0.1, -0.05) is 6.07 Å². The van der Waals surface area contributed by atoms with Gasteiger partial charge in [0.15, 0.2) is 0 Å². The van der Waals surface area contributed by atoms with Gasteiger partial charge in [0, 0.05) is 36.4 Å². The lowest BCUT2D eigenvalue weighted by molar-refractivity contribution is 0.384. The van der Waals surface area contributed by atoms with Crippen LogP contribution >= 0.6 is 11.3 Å². The Morgan fingerprint density at radius 3 is 3.00 bits per heavy atom. The molecule has 1 atom stereocenters. The topological polar surface area (TPSA) is 62.3 Å². The van der Waals surface area contributed by atoms with E-state index in [1.807, 2.05) is 29.8 Å². The van der Waals surface area contributed by atoms with Crippen LogP contribution in [0.3, 0.4) is 0 Å². The molecule has 1 N–H and O–H groups in total. The number of rotatable bonds is 2. The first-order valence-electron chi connectivity index (χ1n) is 6.29. The number of pyridine rings is 1. The molecule has 1 aliphatic heterocycles. The van der Waals surface area contributed by atoms with E-state index in [1.54, 1.807) is 24.6 Å². The highest BCUT2D eigenvalue weighted by molar-refractivity contribution is 7.87. The van der Waals surface area contributed by atoms with Crippen molar-refractivity contribution in [2.24, 2.45) is 0 Å². The molecule has 3 rings (SSSR count). The lowest BCUT2D eigenvalue weighted by Gasteiger charge is -2.29. The highest BCUT2D eigenvalue weighted by atomic mass is 32.2. The summed E-state index contributed by atoms with van der Waals surface area (Å²) in [5.41, 5.74) is 2.13. The van der Waals surface area contributed by atoms with Crippen LogP contribution in [0, 0.1) is 0 Å². The molecule has 1 fully saturated rings. The molecule has 2 aromatic rings. The molecule has 0 unspecified atom stereocenters. The Hall–Kier alpha value is -1.28. The van der Waals surface area contributed by atoms with Crippen LogP contribution in [0.5, 0.6) is 0 Å². The van der Waals surface area contributed by atoms with Gasteiger partial charge < -0.3 is 0 Å². The first kappa shape index (κ1) is 13.7. The van der Waals surface area contributed by atoms with Gasteiger partial charge in [-0.25, -0.2) is 0 Å². The van der Waals surface area contributed by atoms with E-state index in [1.165, 1.54) is 4.31 Å². The summed E-state index contributed by atoms with van der Waals surface area (Å²) in [5.74, 6) is 0. The molecule has 0 amide bonds. The zero-order valence-electron chi connectivity index (χ0n) is 11.0. The van der Waals surface area contributed by atoms with Crippen LogP contribution in [0.4, 0.5) is 0 Å². The average Bonchev–Trinajstić information content (AvgIpc) is 2.92. The van der Waals surface area contributed by atoms with Gasteiger partial charge in [-0.2, -0.15) is 17.4 Å². The highest BCUT2D eigenvalue weighted by Gasteiger charge is 2.30. The Morgan fingerprint density at radius 1 is 1.45 bits per heavy atom. The fourth-order valence-electron chi connectivity index (χ4n) is 2.18. The van der Waals surface area contributed by atoms with Gasteiger partial charge in [0.25, 0.3) is 10.2 Å². The monoisotopic (exact) mass is 309 g/mol. The van der Waals surface area contributed by atoms with E-state index in [9.17, 15) is 8.42 Å². The smallest absolute Gasteiger partial charge is 0.264 e. The van der Waals surface area contributed by atoms with Gasteiger partial charge in [0.2, 0.25) is 0 Å². The van der Waals surface area contributed by atoms with Crippen LogP contribution in [0.1, 0.15) is 17.3 Å². The number of aromatic nitrogens is 1. The number of nitrogens with zero attached hydrogens (tertiary/aromatic N) is 2. The van der Waals surface area contributed by atoms with Crippen molar-refractivity contribution >= 4 is 21.5 Å². The minimum Gasteiger partial charge on any atom is -0.264 e. The first-order valence-corrected chi connectivity index (χ1v) is 8.61. The summed E-state index contributed by atoms with van der Waals surface area (Å²) in [6.07, 6.45) is 4.33. The summed E-state index contributed by atoms with van der Waals surface area (Å²) < 4.78 is 27.8. The summed E-state index contributed by atoms with van der Waals surface area (Å²) in [5, 5.41) is 2.04. The molecule has 0 spiro atoms. The summed E-state index contributed by atoms with van der Waals surface area (Å²) in [6, 6.07) is 5.80. The molecule has 1 aliphatic rings. The molecule has 5 nitrogen and oxygen atoms in total. The second kappa shape index (κ2) is 5.25. The summed E-state index contributed by atoms with van der Waals surface area (Å²) in [7, 11) is -1.75. The second-order valence-electron chi connectivity index (χ2n) is 4.77. The van der Waals surface area contributed by atoms with Gasteiger partial charge >= 0.3 is 0 Å². The molecule has 1 saturated heterocycles. The maximum Gasteiger partial charge on any atom is 0.279 e. The molecule has 3 heterocycles. The zero-order chi connectivity index (χ0) is 14.2. The molecule has 0 aromatic carbocycles. The predicted octanol–water partition coefficient (Wildman–Crippen LogP) is 2.02. The van der Waals surface area contributed by atoms with Crippen LogP contribution in [0.2, 0.25) is 0 Å². The Labute approximate surface area is 122 Å². The molecule has 0 aliphatic carbocycles. The molecule has 106 valence electrons. The van der Waals surface area contributed by atoms with Crippen molar-refractivity contribution < 1.29 is 8.42 Å². The lowest BCUT2D eigenvalue weighted by atomic mass is 10.1. The van der Waals surface area contributed by atoms with Crippen molar-refractivity contribution in [1.82, 2.24) is 14.0 Å². The third kappa shape index (κ3) is 2.62. The molecule has 0 saturated carbocycles. The van der Waals surface area contributed by atoms with Crippen molar-refractivity contribution in [2.75, 3.05) is 13.6 Å². The van der Waals surface area contributed by atoms with E-state index >= 15 is 0 Å². The van der Waals surface area contributed by atoms with Gasteiger partial charge in [0.05, 0.1) is 6.04 Å². The normalized spacial score (nSPS) is 22.8. The molecular formula is C13H15N3O2S2. The third-order valence-corrected chi connectivity index (χ3v) is 6.02. The van der Waals surface area contributed by atoms with Crippen molar-refractivity contribution in [1.29, 1.82) is 0 Å². The molecule has 0 bridgehead atoms. The maximum atomic E-state index is 11.9. The SMILES string of the molecule is CN1CC[C@@H](c2cc(-c3cccnc3)cs2)NS1(=O)=O. The third-order valence-electron chi connectivity index (χ3n) is 3.39. The predicted molar refractivity (Wildman–Crippen MR) is 79.6 cm³/mol. The van der Waals surface area contributed by atoms with Gasteiger partial charge in [-0.3, -0.25) is 4.98 Å². The van der Waals surface area contributed by atoms with E-state index in [-0.39, 0.29) is 6.04 Å². The van der Waals surface area contributed by atoms with Gasteiger partial charge in [0.1, 0.15) is 0 Å². The van der Waals surface area contributed by atoms with Crippen LogP contribution in [-0.4, -0.2) is 31.3 Å². The van der Waals surface area contributed by atoms with Crippen molar-refractivity contribution in [3.8, 4) is 11.1 Å². The van der Waals surface area contributed by atoms with Gasteiger partial charge in [-0.05, 0) is 29.5 Å². The van der Waals surface area contributed by atoms with E-state index < -0.39 is 10.2 Å². The van der Waals surface area contributed by atoms with E-state index in [0.29, 0.717) is 6.54 Å². The largest absolute Gasteiger partial charge is 0.279 e. The summed E-state index contributed by atoms with van der Waals surface area (Å²) in [6.45, 7) is 0.542. The Morgan fingerprint density at radius 2 is 2.30 bits per heavy atom. The van der Waals surface area contributed by atoms with Crippen LogP contribution < -0.4 is 4.72 Å². The Balaban J connectivity index is 1.85. The zero-order valence-corrected chi connectivity index (χ0v) is 12.6. The van der Waals surface area contributed by atoms with Crippen molar-refractivity contribution in [3.05, 3.63) is 40.8 Å². The van der Waals surface area contributed by atoms with Crippen molar-refractivity contribution in [2.45, 2.75) is 12.5 Å². The first-order chi connectivity index (χ1) is 9.56. The minimum atomic E-state index is -3.34. The number of thiophene rings is 1. The average molecular weight is 309 g/mol.